The van der Waals surface area contributed by atoms with E-state index in [1.165, 1.54) is 10.6 Å². The molecule has 0 saturated heterocycles. The molecule has 0 unspecified atom stereocenters. The van der Waals surface area contributed by atoms with E-state index in [9.17, 15) is 4.79 Å². The van der Waals surface area contributed by atoms with Gasteiger partial charge in [0.25, 0.3) is 0 Å². The van der Waals surface area contributed by atoms with Gasteiger partial charge in [0, 0.05) is 43.7 Å². The first-order chi connectivity index (χ1) is 19.4. The van der Waals surface area contributed by atoms with Crippen molar-refractivity contribution in [3.63, 3.8) is 0 Å². The molecule has 2 N–H and O–H groups in total. The molecule has 1 aliphatic heterocycles. The van der Waals surface area contributed by atoms with Crippen molar-refractivity contribution >= 4 is 24.1 Å². The lowest BCUT2D eigenvalue weighted by atomic mass is 9.93. The Labute approximate surface area is 235 Å². The molecule has 2 heterocycles. The minimum atomic E-state index is 0.108. The van der Waals surface area contributed by atoms with Gasteiger partial charge in [-0.25, -0.2) is 5.84 Å². The number of amides is 1. The van der Waals surface area contributed by atoms with Crippen molar-refractivity contribution in [3.05, 3.63) is 65.5 Å². The number of anilines is 1. The predicted octanol–water partition coefficient (Wildman–Crippen LogP) is 4.41. The largest absolute Gasteiger partial charge is 0.493 e. The van der Waals surface area contributed by atoms with E-state index in [2.05, 4.69) is 54.1 Å². The van der Waals surface area contributed by atoms with Crippen LogP contribution in [0.5, 0.6) is 5.75 Å². The first-order valence-electron chi connectivity index (χ1n) is 13.5. The van der Waals surface area contributed by atoms with Crippen molar-refractivity contribution in [2.24, 2.45) is 16.0 Å². The molecule has 1 aliphatic rings. The van der Waals surface area contributed by atoms with Crippen LogP contribution in [0.25, 0.3) is 11.1 Å². The van der Waals surface area contributed by atoms with E-state index in [1.807, 2.05) is 35.4 Å². The number of ether oxygens (including phenoxy) is 1. The van der Waals surface area contributed by atoms with Crippen LogP contribution in [0.2, 0.25) is 0 Å². The SMILES string of the molecule is C=N/N=C(/Cn1cc(-c2cccc3c2CCCN3C(=O)CCCOc2cccc(C)c2C)cn1)N(N)CCC#N. The maximum Gasteiger partial charge on any atom is 0.227 e. The minimum Gasteiger partial charge on any atom is -0.493 e. The number of aromatic nitrogens is 2. The predicted molar refractivity (Wildman–Crippen MR) is 157 cm³/mol. The first-order valence-corrected chi connectivity index (χ1v) is 13.5. The van der Waals surface area contributed by atoms with E-state index in [-0.39, 0.29) is 18.9 Å². The zero-order valence-corrected chi connectivity index (χ0v) is 23.2. The van der Waals surface area contributed by atoms with E-state index in [4.69, 9.17) is 15.8 Å². The number of fused-ring (bicyclic) bond motifs is 1. The fourth-order valence-corrected chi connectivity index (χ4v) is 4.87. The summed E-state index contributed by atoms with van der Waals surface area (Å²) in [7, 11) is 0. The van der Waals surface area contributed by atoms with Crippen LogP contribution in [-0.2, 0) is 17.8 Å². The van der Waals surface area contributed by atoms with E-state index in [0.29, 0.717) is 38.4 Å². The number of carbonyl (C=O) groups excluding carboxylic acids is 1. The molecule has 4 rings (SSSR count). The lowest BCUT2D eigenvalue weighted by Gasteiger charge is -2.31. The summed E-state index contributed by atoms with van der Waals surface area (Å²) in [6.45, 7) is 9.35. The minimum absolute atomic E-state index is 0.108. The normalized spacial score (nSPS) is 12.9. The van der Waals surface area contributed by atoms with Crippen molar-refractivity contribution in [1.29, 1.82) is 5.26 Å². The van der Waals surface area contributed by atoms with Gasteiger partial charge in [0.1, 0.15) is 12.3 Å². The summed E-state index contributed by atoms with van der Waals surface area (Å²) in [5.74, 6) is 7.49. The number of nitriles is 1. The summed E-state index contributed by atoms with van der Waals surface area (Å²) in [6, 6.07) is 14.2. The van der Waals surface area contributed by atoms with Crippen LogP contribution in [0, 0.1) is 25.2 Å². The van der Waals surface area contributed by atoms with Crippen LogP contribution in [0.3, 0.4) is 0 Å². The van der Waals surface area contributed by atoms with Gasteiger partial charge in [0.15, 0.2) is 5.84 Å². The summed E-state index contributed by atoms with van der Waals surface area (Å²) in [5.41, 5.74) is 6.42. The zero-order chi connectivity index (χ0) is 28.5. The molecule has 1 aromatic heterocycles. The number of hydrazine groups is 1. The second-order valence-electron chi connectivity index (χ2n) is 9.79. The molecule has 10 heteroatoms. The van der Waals surface area contributed by atoms with E-state index >= 15 is 0 Å². The number of rotatable bonds is 11. The second-order valence-corrected chi connectivity index (χ2v) is 9.79. The molecule has 40 heavy (non-hydrogen) atoms. The van der Waals surface area contributed by atoms with E-state index in [1.54, 1.807) is 10.9 Å². The van der Waals surface area contributed by atoms with E-state index < -0.39 is 0 Å². The number of nitrogens with two attached hydrogens (primary N) is 1. The van der Waals surface area contributed by atoms with Gasteiger partial charge < -0.3 is 9.64 Å². The highest BCUT2D eigenvalue weighted by Gasteiger charge is 2.25. The molecule has 0 aliphatic carbocycles. The van der Waals surface area contributed by atoms with Crippen molar-refractivity contribution in [3.8, 4) is 22.9 Å². The quantitative estimate of drug-likeness (QED) is 0.126. The lowest BCUT2D eigenvalue weighted by Crippen LogP contribution is -2.40. The Morgan fingerprint density at radius 3 is 2.90 bits per heavy atom. The molecule has 3 aromatic rings. The van der Waals surface area contributed by atoms with Crippen LogP contribution in [-0.4, -0.2) is 52.9 Å². The summed E-state index contributed by atoms with van der Waals surface area (Å²) in [4.78, 5) is 15.2. The monoisotopic (exact) mass is 540 g/mol. The number of benzene rings is 2. The van der Waals surface area contributed by atoms with Gasteiger partial charge in [-0.3, -0.25) is 14.5 Å². The van der Waals surface area contributed by atoms with Gasteiger partial charge in [-0.15, -0.1) is 5.10 Å². The van der Waals surface area contributed by atoms with Gasteiger partial charge in [0.05, 0.1) is 25.3 Å². The molecule has 0 radical (unpaired) electrons. The summed E-state index contributed by atoms with van der Waals surface area (Å²) in [6.07, 6.45) is 6.85. The fraction of sp³-hybridized carbons (Fsp3) is 0.367. The summed E-state index contributed by atoms with van der Waals surface area (Å²) < 4.78 is 7.69. The number of hydrogen-bond acceptors (Lipinski definition) is 7. The van der Waals surface area contributed by atoms with Crippen LogP contribution < -0.4 is 15.5 Å². The van der Waals surface area contributed by atoms with Crippen LogP contribution in [0.15, 0.2) is 59.0 Å². The number of nitrogens with zero attached hydrogens (tertiary/aromatic N) is 7. The zero-order valence-electron chi connectivity index (χ0n) is 23.2. The third kappa shape index (κ3) is 6.74. The maximum absolute atomic E-state index is 13.3. The number of amidine groups is 1. The molecule has 0 fully saturated rings. The molecule has 10 nitrogen and oxygen atoms in total. The maximum atomic E-state index is 13.3. The van der Waals surface area contributed by atoms with Crippen molar-refractivity contribution in [2.45, 2.75) is 52.5 Å². The lowest BCUT2D eigenvalue weighted by molar-refractivity contribution is -0.118. The number of hydrogen-bond donors (Lipinski definition) is 1. The van der Waals surface area contributed by atoms with Gasteiger partial charge >= 0.3 is 0 Å². The average molecular weight is 541 g/mol. The Morgan fingerprint density at radius 2 is 2.10 bits per heavy atom. The third-order valence-electron chi connectivity index (χ3n) is 7.13. The van der Waals surface area contributed by atoms with Crippen LogP contribution in [0.4, 0.5) is 5.69 Å². The first kappa shape index (κ1) is 28.5. The average Bonchev–Trinajstić information content (AvgIpc) is 3.43. The molecular formula is C30H36N8O2. The molecular weight excluding hydrogens is 504 g/mol. The third-order valence-corrected chi connectivity index (χ3v) is 7.13. The smallest absolute Gasteiger partial charge is 0.227 e. The van der Waals surface area contributed by atoms with Crippen molar-refractivity contribution in [2.75, 3.05) is 24.6 Å². The van der Waals surface area contributed by atoms with Gasteiger partial charge in [0.2, 0.25) is 5.91 Å². The Balaban J connectivity index is 1.43. The second kappa shape index (κ2) is 13.5. The Kier molecular flexibility index (Phi) is 9.65. The molecule has 0 atom stereocenters. The molecule has 0 spiro atoms. The van der Waals surface area contributed by atoms with Gasteiger partial charge in [-0.1, -0.05) is 24.3 Å². The Bertz CT molecular complexity index is 1420. The summed E-state index contributed by atoms with van der Waals surface area (Å²) in [5, 5.41) is 22.4. The highest BCUT2D eigenvalue weighted by atomic mass is 16.5. The highest BCUT2D eigenvalue weighted by molar-refractivity contribution is 5.96. The topological polar surface area (TPSA) is 125 Å². The molecule has 208 valence electrons. The van der Waals surface area contributed by atoms with Gasteiger partial charge in [-0.05, 0) is 67.5 Å². The highest BCUT2D eigenvalue weighted by Crippen LogP contribution is 2.35. The number of aryl methyl sites for hydroxylation is 1. The molecule has 1 amide bonds. The summed E-state index contributed by atoms with van der Waals surface area (Å²) >= 11 is 0. The Hall–Kier alpha value is -4.49. The Morgan fingerprint density at radius 1 is 1.27 bits per heavy atom. The molecule has 0 bridgehead atoms. The van der Waals surface area contributed by atoms with Crippen LogP contribution >= 0.6 is 0 Å². The molecule has 0 saturated carbocycles. The number of carbonyl (C=O) groups is 1. The molecule has 2 aromatic carbocycles. The van der Waals surface area contributed by atoms with Crippen molar-refractivity contribution < 1.29 is 9.53 Å². The van der Waals surface area contributed by atoms with Gasteiger partial charge in [-0.2, -0.15) is 15.5 Å². The fourth-order valence-electron chi connectivity index (χ4n) is 4.87. The van der Waals surface area contributed by atoms with E-state index in [0.717, 1.165) is 46.5 Å². The standard InChI is InChI=1S/C30H36N8O2/c1-22-9-4-13-28(23(22)2)40-18-7-14-30(39)37-16-6-11-26-25(10-5-12-27(26)37)24-19-34-36(20-24)21-29(35-33-3)38(32)17-8-15-31/h4-5,9-10,12-13,19-20H,3,6-8,11,14,16-18,21,32H2,1-2H3/b35-29-. The van der Waals surface area contributed by atoms with Crippen LogP contribution in [0.1, 0.15) is 42.4 Å². The van der Waals surface area contributed by atoms with Crippen molar-refractivity contribution in [1.82, 2.24) is 14.8 Å².